The largest absolute Gasteiger partial charge is 0.372 e. The summed E-state index contributed by atoms with van der Waals surface area (Å²) in [5.41, 5.74) is 2.72. The number of hydrogen-bond acceptors (Lipinski definition) is 10. The quantitative estimate of drug-likeness (QED) is 0.0689. The van der Waals surface area contributed by atoms with Gasteiger partial charge in [-0.25, -0.2) is 5.26 Å². The summed E-state index contributed by atoms with van der Waals surface area (Å²) in [6.45, 7) is 6.03. The van der Waals surface area contributed by atoms with Crippen LogP contribution in [0.1, 0.15) is 37.8 Å². The standard InChI is InChI=1S/C27H32N2O8S2/c1-3-28(15-5-6-16-39(33,34)35)22-11-7-20(8-12-22)17-24-26(30)25(27(24)31)18-21-9-13-23(14-10-21)29(4-2)19-38-37-36-32/h7-14,17-18,32H,3-6,15-16,19H2,1-2H3,(H,33,34,35). The maximum absolute atomic E-state index is 12.7. The molecule has 0 aromatic heterocycles. The van der Waals surface area contributed by atoms with E-state index in [0.717, 1.165) is 41.1 Å². The monoisotopic (exact) mass is 576 g/mol. The molecule has 3 aromatic carbocycles. The second-order valence-corrected chi connectivity index (χ2v) is 11.0. The Morgan fingerprint density at radius 3 is 1.74 bits per heavy atom. The summed E-state index contributed by atoms with van der Waals surface area (Å²) in [7, 11) is -3.95. The molecule has 0 saturated heterocycles. The number of nitrogens with zero attached hydrogens (tertiary/aromatic N) is 2. The predicted octanol–water partition coefficient (Wildman–Crippen LogP) is 2.29. The lowest BCUT2D eigenvalue weighted by Gasteiger charge is -2.23. The Morgan fingerprint density at radius 2 is 1.31 bits per heavy atom. The summed E-state index contributed by atoms with van der Waals surface area (Å²) in [6.07, 6.45) is 4.16. The molecule has 0 radical (unpaired) electrons. The van der Waals surface area contributed by atoms with Crippen molar-refractivity contribution in [3.8, 4) is 0 Å². The summed E-state index contributed by atoms with van der Waals surface area (Å²) < 4.78 is 35.1. The van der Waals surface area contributed by atoms with Crippen LogP contribution in [0, 0.1) is 0 Å². The van der Waals surface area contributed by atoms with Crippen LogP contribution in [-0.4, -0.2) is 49.5 Å². The van der Waals surface area contributed by atoms with Gasteiger partial charge in [-0.2, -0.15) is 8.42 Å². The molecule has 0 saturated carbocycles. The van der Waals surface area contributed by atoms with E-state index in [2.05, 4.69) is 14.3 Å². The van der Waals surface area contributed by atoms with Crippen LogP contribution in [0.25, 0.3) is 12.2 Å². The molecule has 39 heavy (non-hydrogen) atoms. The molecule has 0 aliphatic carbocycles. The first-order valence-electron chi connectivity index (χ1n) is 12.4. The Hall–Kier alpha value is -3.00. The first kappa shape index (κ1) is 30.5. The number of unbranched alkanes of at least 4 members (excludes halogenated alkanes) is 1. The Labute approximate surface area is 231 Å². The molecular weight excluding hydrogens is 544 g/mol. The van der Waals surface area contributed by atoms with Gasteiger partial charge in [-0.1, -0.05) is 29.3 Å². The molecule has 0 atom stereocenters. The highest BCUT2D eigenvalue weighted by Crippen LogP contribution is 2.19. The van der Waals surface area contributed by atoms with Crippen molar-refractivity contribution in [2.24, 2.45) is 0 Å². The summed E-state index contributed by atoms with van der Waals surface area (Å²) in [5.74, 6) is 0.173. The molecule has 0 heterocycles. The highest BCUT2D eigenvalue weighted by Gasteiger charge is 2.11. The van der Waals surface area contributed by atoms with E-state index in [9.17, 15) is 18.0 Å². The molecule has 3 rings (SSSR count). The zero-order valence-electron chi connectivity index (χ0n) is 21.8. The van der Waals surface area contributed by atoms with Crippen LogP contribution in [0.15, 0.2) is 58.1 Å². The van der Waals surface area contributed by atoms with Crippen LogP contribution >= 0.6 is 12.0 Å². The Balaban J connectivity index is 1.70. The fraction of sp³-hybridized carbons (Fsp3) is 0.333. The highest BCUT2D eigenvalue weighted by molar-refractivity contribution is 7.94. The van der Waals surface area contributed by atoms with E-state index in [0.29, 0.717) is 31.8 Å². The van der Waals surface area contributed by atoms with E-state index in [4.69, 9.17) is 9.81 Å². The molecule has 0 aliphatic heterocycles. The van der Waals surface area contributed by atoms with Gasteiger partial charge in [0.25, 0.3) is 10.1 Å². The average molecular weight is 577 g/mol. The summed E-state index contributed by atoms with van der Waals surface area (Å²) in [6, 6.07) is 14.8. The van der Waals surface area contributed by atoms with E-state index in [1.165, 1.54) is 0 Å². The second-order valence-electron chi connectivity index (χ2n) is 8.78. The third-order valence-electron chi connectivity index (χ3n) is 6.25. The minimum atomic E-state index is -3.95. The molecule has 3 aromatic rings. The van der Waals surface area contributed by atoms with Gasteiger partial charge < -0.3 is 9.80 Å². The van der Waals surface area contributed by atoms with Crippen LogP contribution in [0.5, 0.6) is 0 Å². The molecule has 210 valence electrons. The first-order valence-corrected chi connectivity index (χ1v) is 15.0. The van der Waals surface area contributed by atoms with E-state index >= 15 is 0 Å². The van der Waals surface area contributed by atoms with E-state index < -0.39 is 10.1 Å². The maximum atomic E-state index is 12.7. The lowest BCUT2D eigenvalue weighted by Crippen LogP contribution is -2.64. The smallest absolute Gasteiger partial charge is 0.264 e. The van der Waals surface area contributed by atoms with Crippen molar-refractivity contribution in [1.29, 1.82) is 0 Å². The fourth-order valence-electron chi connectivity index (χ4n) is 4.10. The van der Waals surface area contributed by atoms with Gasteiger partial charge in [-0.15, -0.1) is 4.33 Å². The number of rotatable bonds is 15. The molecule has 0 spiro atoms. The van der Waals surface area contributed by atoms with Gasteiger partial charge >= 0.3 is 0 Å². The number of hydrogen-bond donors (Lipinski definition) is 2. The summed E-state index contributed by atoms with van der Waals surface area (Å²) >= 11 is 0.935. The van der Waals surface area contributed by atoms with Gasteiger partial charge in [0.05, 0.1) is 34.1 Å². The number of anilines is 2. The first-order chi connectivity index (χ1) is 18.7. The zero-order valence-corrected chi connectivity index (χ0v) is 23.4. The lowest BCUT2D eigenvalue weighted by molar-refractivity contribution is -0.432. The van der Waals surface area contributed by atoms with Crippen molar-refractivity contribution >= 4 is 45.7 Å². The normalized spacial score (nSPS) is 11.5. The van der Waals surface area contributed by atoms with Crippen molar-refractivity contribution in [3.05, 3.63) is 90.5 Å². The van der Waals surface area contributed by atoms with Crippen molar-refractivity contribution in [1.82, 2.24) is 0 Å². The minimum Gasteiger partial charge on any atom is -0.372 e. The molecule has 2 N–H and O–H groups in total. The Kier molecular flexibility index (Phi) is 11.3. The molecule has 0 unspecified atom stereocenters. The minimum absolute atomic E-state index is 0.142. The topological polar surface area (TPSA) is 134 Å². The molecule has 12 heteroatoms. The molecular formula is C27H32N2O8S2. The Morgan fingerprint density at radius 1 is 0.821 bits per heavy atom. The van der Waals surface area contributed by atoms with Gasteiger partial charge in [0.15, 0.2) is 0 Å². The van der Waals surface area contributed by atoms with Crippen LogP contribution in [0.3, 0.4) is 0 Å². The van der Waals surface area contributed by atoms with Crippen molar-refractivity contribution in [2.75, 3.05) is 41.1 Å². The van der Waals surface area contributed by atoms with Gasteiger partial charge in [0.2, 0.25) is 10.9 Å². The van der Waals surface area contributed by atoms with Crippen molar-refractivity contribution in [2.45, 2.75) is 26.7 Å². The highest BCUT2D eigenvalue weighted by atomic mass is 32.2. The fourth-order valence-corrected chi connectivity index (χ4v) is 5.22. The van der Waals surface area contributed by atoms with Gasteiger partial charge in [-0.05, 0) is 74.2 Å². The van der Waals surface area contributed by atoms with Crippen LogP contribution < -0.4 is 31.1 Å². The van der Waals surface area contributed by atoms with Crippen molar-refractivity contribution < 1.29 is 27.6 Å². The number of benzene rings is 2. The SMILES string of the molecule is CCN(CCCCS(=O)(=O)O)c1ccc(C=c2c(=O)c(=Cc3ccc(N(CC)CSOOO)cc3)c2=O)cc1. The van der Waals surface area contributed by atoms with Crippen LogP contribution in [0.4, 0.5) is 11.4 Å². The second kappa shape index (κ2) is 14.4. The van der Waals surface area contributed by atoms with Crippen LogP contribution in [0.2, 0.25) is 0 Å². The molecule has 0 bridgehead atoms. The van der Waals surface area contributed by atoms with Crippen LogP contribution in [-0.2, 0) is 19.5 Å². The van der Waals surface area contributed by atoms with Crippen molar-refractivity contribution in [3.63, 3.8) is 0 Å². The zero-order chi connectivity index (χ0) is 28.4. The van der Waals surface area contributed by atoms with Gasteiger partial charge in [-0.3, -0.25) is 14.1 Å². The van der Waals surface area contributed by atoms with E-state index in [1.807, 2.05) is 67.3 Å². The predicted molar refractivity (Wildman–Crippen MR) is 154 cm³/mol. The summed E-state index contributed by atoms with van der Waals surface area (Å²) in [5, 5.41) is 12.1. The van der Waals surface area contributed by atoms with E-state index in [1.54, 1.807) is 12.2 Å². The third-order valence-corrected chi connectivity index (χ3v) is 7.63. The maximum Gasteiger partial charge on any atom is 0.264 e. The summed E-state index contributed by atoms with van der Waals surface area (Å²) in [4.78, 5) is 29.5. The lowest BCUT2D eigenvalue weighted by atomic mass is 10.1. The van der Waals surface area contributed by atoms with Gasteiger partial charge in [0, 0.05) is 31.0 Å². The molecule has 0 amide bonds. The molecule has 0 aliphatic rings. The average Bonchev–Trinajstić information content (AvgIpc) is 2.93. The Bertz CT molecular complexity index is 1480. The van der Waals surface area contributed by atoms with Gasteiger partial charge in [0.1, 0.15) is 0 Å². The molecule has 0 fully saturated rings. The third kappa shape index (κ3) is 8.75. The molecule has 10 nitrogen and oxygen atoms in total. The van der Waals surface area contributed by atoms with E-state index in [-0.39, 0.29) is 27.0 Å².